The van der Waals surface area contributed by atoms with E-state index >= 15 is 0 Å². The first-order valence-electron chi connectivity index (χ1n) is 10.1. The molecule has 32 heavy (non-hydrogen) atoms. The van der Waals surface area contributed by atoms with E-state index in [1.54, 1.807) is 25.1 Å². The molecular weight excluding hydrogens is 421 g/mol. The molecule has 0 unspecified atom stereocenters. The number of halogens is 3. The van der Waals surface area contributed by atoms with E-state index in [0.717, 1.165) is 30.5 Å². The monoisotopic (exact) mass is 442 g/mol. The highest BCUT2D eigenvalue weighted by Crippen LogP contribution is 2.31. The molecule has 2 N–H and O–H groups in total. The number of anilines is 1. The van der Waals surface area contributed by atoms with Crippen molar-refractivity contribution < 1.29 is 22.8 Å². The summed E-state index contributed by atoms with van der Waals surface area (Å²) in [4.78, 5) is 24.6. The minimum absolute atomic E-state index is 0.00353. The molecule has 0 aliphatic heterocycles. The molecule has 166 valence electrons. The van der Waals surface area contributed by atoms with Gasteiger partial charge in [0, 0.05) is 18.2 Å². The number of hydrogen-bond acceptors (Lipinski definition) is 3. The largest absolute Gasteiger partial charge is 0.416 e. The van der Waals surface area contributed by atoms with Gasteiger partial charge < -0.3 is 10.6 Å². The number of carbonyl (C=O) groups is 2. The fraction of sp³-hybridized carbons (Fsp3) is 0.261. The number of amides is 2. The Morgan fingerprint density at radius 2 is 1.88 bits per heavy atom. The molecule has 1 aliphatic rings. The van der Waals surface area contributed by atoms with Crippen molar-refractivity contribution in [1.82, 2.24) is 15.1 Å². The maximum atomic E-state index is 13.0. The number of alkyl halides is 3. The van der Waals surface area contributed by atoms with Gasteiger partial charge in [0.05, 0.1) is 28.7 Å². The zero-order valence-corrected chi connectivity index (χ0v) is 17.2. The van der Waals surface area contributed by atoms with Crippen molar-refractivity contribution in [3.63, 3.8) is 0 Å². The van der Waals surface area contributed by atoms with Crippen LogP contribution in [0.25, 0.3) is 5.69 Å². The Morgan fingerprint density at radius 1 is 1.12 bits per heavy atom. The number of nitrogens with one attached hydrogen (secondary N) is 2. The van der Waals surface area contributed by atoms with E-state index in [0.29, 0.717) is 11.4 Å². The lowest BCUT2D eigenvalue weighted by Crippen LogP contribution is -2.23. The first kappa shape index (κ1) is 21.6. The van der Waals surface area contributed by atoms with Crippen LogP contribution in [-0.4, -0.2) is 21.6 Å². The van der Waals surface area contributed by atoms with Crippen molar-refractivity contribution in [2.75, 3.05) is 5.32 Å². The van der Waals surface area contributed by atoms with Gasteiger partial charge in [0.2, 0.25) is 5.91 Å². The Hall–Kier alpha value is -3.62. The summed E-state index contributed by atoms with van der Waals surface area (Å²) in [6, 6.07) is 12.0. The number of rotatable bonds is 6. The third kappa shape index (κ3) is 4.82. The van der Waals surface area contributed by atoms with E-state index in [4.69, 9.17) is 0 Å². The van der Waals surface area contributed by atoms with Crippen molar-refractivity contribution in [1.29, 1.82) is 0 Å². The molecule has 9 heteroatoms. The summed E-state index contributed by atoms with van der Waals surface area (Å²) in [6.07, 6.45) is -1.31. The maximum absolute atomic E-state index is 13.0. The van der Waals surface area contributed by atoms with E-state index in [-0.39, 0.29) is 29.6 Å². The molecule has 0 spiro atoms. The first-order valence-corrected chi connectivity index (χ1v) is 10.1. The Morgan fingerprint density at radius 3 is 2.59 bits per heavy atom. The van der Waals surface area contributed by atoms with Crippen LogP contribution in [0.15, 0.2) is 54.7 Å². The molecule has 1 heterocycles. The van der Waals surface area contributed by atoms with E-state index < -0.39 is 17.6 Å². The SMILES string of the molecule is Cc1c(C(=O)NCc2cccc(NC(=O)C3CC3)c2)cnn1-c1cccc(C(F)(F)F)c1. The van der Waals surface area contributed by atoms with Gasteiger partial charge >= 0.3 is 6.18 Å². The number of aromatic nitrogens is 2. The van der Waals surface area contributed by atoms with Crippen LogP contribution in [0.4, 0.5) is 18.9 Å². The quantitative estimate of drug-likeness (QED) is 0.591. The molecule has 3 aromatic rings. The molecule has 1 fully saturated rings. The fourth-order valence-electron chi connectivity index (χ4n) is 3.33. The smallest absolute Gasteiger partial charge is 0.348 e. The van der Waals surface area contributed by atoms with Gasteiger partial charge in [-0.2, -0.15) is 18.3 Å². The fourth-order valence-corrected chi connectivity index (χ4v) is 3.33. The van der Waals surface area contributed by atoms with Crippen LogP contribution in [0, 0.1) is 12.8 Å². The zero-order chi connectivity index (χ0) is 22.9. The molecule has 1 aromatic heterocycles. The first-order chi connectivity index (χ1) is 15.2. The van der Waals surface area contributed by atoms with Crippen LogP contribution in [0.5, 0.6) is 0 Å². The summed E-state index contributed by atoms with van der Waals surface area (Å²) in [5.41, 5.74) is 1.59. The zero-order valence-electron chi connectivity index (χ0n) is 17.2. The standard InChI is InChI=1S/C23H21F3N4O2/c1-14-20(13-28-30(14)19-7-3-5-17(11-19)23(24,25)26)22(32)27-12-15-4-2-6-18(10-15)29-21(31)16-8-9-16/h2-7,10-11,13,16H,8-9,12H2,1H3,(H,27,32)(H,29,31). The molecule has 0 bridgehead atoms. The van der Waals surface area contributed by atoms with Gasteiger partial charge in [-0.1, -0.05) is 18.2 Å². The Kier molecular flexibility index (Phi) is 5.73. The van der Waals surface area contributed by atoms with Crippen LogP contribution in [0.2, 0.25) is 0 Å². The van der Waals surface area contributed by atoms with Gasteiger partial charge in [-0.25, -0.2) is 4.68 Å². The molecular formula is C23H21F3N4O2. The second-order valence-electron chi connectivity index (χ2n) is 7.75. The third-order valence-electron chi connectivity index (χ3n) is 5.27. The second kappa shape index (κ2) is 8.49. The average Bonchev–Trinajstić information content (AvgIpc) is 3.54. The van der Waals surface area contributed by atoms with Gasteiger partial charge in [0.25, 0.3) is 5.91 Å². The molecule has 4 rings (SSSR count). The molecule has 0 saturated heterocycles. The summed E-state index contributed by atoms with van der Waals surface area (Å²) in [6.45, 7) is 1.84. The molecule has 6 nitrogen and oxygen atoms in total. The average molecular weight is 442 g/mol. The topological polar surface area (TPSA) is 76.0 Å². The lowest BCUT2D eigenvalue weighted by Gasteiger charge is -2.11. The predicted molar refractivity (Wildman–Crippen MR) is 112 cm³/mol. The highest BCUT2D eigenvalue weighted by atomic mass is 19.4. The normalized spacial score (nSPS) is 13.6. The Bertz CT molecular complexity index is 1170. The van der Waals surface area contributed by atoms with Gasteiger partial charge in [0.15, 0.2) is 0 Å². The summed E-state index contributed by atoms with van der Waals surface area (Å²) in [5, 5.41) is 9.75. The highest BCUT2D eigenvalue weighted by Gasteiger charge is 2.31. The van der Waals surface area contributed by atoms with Crippen LogP contribution >= 0.6 is 0 Å². The van der Waals surface area contributed by atoms with Crippen LogP contribution < -0.4 is 10.6 Å². The highest BCUT2D eigenvalue weighted by molar-refractivity contribution is 5.95. The second-order valence-corrected chi connectivity index (χ2v) is 7.75. The van der Waals surface area contributed by atoms with Gasteiger partial charge in [-0.3, -0.25) is 9.59 Å². The van der Waals surface area contributed by atoms with E-state index in [1.165, 1.54) is 23.0 Å². The van der Waals surface area contributed by atoms with E-state index in [1.807, 2.05) is 6.07 Å². The van der Waals surface area contributed by atoms with Gasteiger partial charge in [-0.05, 0) is 55.7 Å². The van der Waals surface area contributed by atoms with Gasteiger partial charge in [0.1, 0.15) is 0 Å². The lowest BCUT2D eigenvalue weighted by molar-refractivity contribution is -0.137. The minimum Gasteiger partial charge on any atom is -0.348 e. The molecule has 2 amide bonds. The van der Waals surface area contributed by atoms with Crippen LogP contribution in [0.1, 0.15) is 40.0 Å². The van der Waals surface area contributed by atoms with Crippen LogP contribution in [0.3, 0.4) is 0 Å². The van der Waals surface area contributed by atoms with Crippen molar-refractivity contribution in [2.45, 2.75) is 32.5 Å². The predicted octanol–water partition coefficient (Wildman–Crippen LogP) is 4.48. The summed E-state index contributed by atoms with van der Waals surface area (Å²) < 4.78 is 40.3. The van der Waals surface area contributed by atoms with E-state index in [2.05, 4.69) is 15.7 Å². The molecule has 1 saturated carbocycles. The maximum Gasteiger partial charge on any atom is 0.416 e. The molecule has 0 radical (unpaired) electrons. The van der Waals surface area contributed by atoms with Crippen LogP contribution in [-0.2, 0) is 17.5 Å². The number of benzene rings is 2. The summed E-state index contributed by atoms with van der Waals surface area (Å²) >= 11 is 0. The number of hydrogen-bond donors (Lipinski definition) is 2. The van der Waals surface area contributed by atoms with Crippen molar-refractivity contribution in [3.05, 3.63) is 77.1 Å². The molecule has 0 atom stereocenters. The number of carbonyl (C=O) groups excluding carboxylic acids is 2. The minimum atomic E-state index is -4.47. The third-order valence-corrected chi connectivity index (χ3v) is 5.27. The number of nitrogens with zero attached hydrogens (tertiary/aromatic N) is 2. The van der Waals surface area contributed by atoms with Crippen molar-refractivity contribution in [2.24, 2.45) is 5.92 Å². The molecule has 1 aliphatic carbocycles. The lowest BCUT2D eigenvalue weighted by atomic mass is 10.1. The Labute approximate surface area is 182 Å². The van der Waals surface area contributed by atoms with Crippen molar-refractivity contribution in [3.8, 4) is 5.69 Å². The van der Waals surface area contributed by atoms with Gasteiger partial charge in [-0.15, -0.1) is 0 Å². The summed E-state index contributed by atoms with van der Waals surface area (Å²) in [7, 11) is 0. The summed E-state index contributed by atoms with van der Waals surface area (Å²) in [5.74, 6) is -0.299. The van der Waals surface area contributed by atoms with Crippen molar-refractivity contribution >= 4 is 17.5 Å². The Balaban J connectivity index is 1.44. The van der Waals surface area contributed by atoms with E-state index in [9.17, 15) is 22.8 Å². The molecule has 2 aromatic carbocycles.